The van der Waals surface area contributed by atoms with E-state index in [9.17, 15) is 14.4 Å². The number of fused-ring (bicyclic) bond motifs is 4. The molecule has 2 fully saturated rings. The zero-order valence-electron chi connectivity index (χ0n) is 15.8. The molecule has 3 heterocycles. The SMILES string of the molecule is C[C@@H]1N[C@]2(C(=O)Nc3ccc(Cl)cc32)[C@@H]2C(=O)N(CCc3ccccc3)C(=O)[C@H]12. The largest absolute Gasteiger partial charge is 0.324 e. The second-order valence-electron chi connectivity index (χ2n) is 7.95. The molecule has 5 rings (SSSR count). The van der Waals surface area contributed by atoms with Gasteiger partial charge >= 0.3 is 0 Å². The zero-order chi connectivity index (χ0) is 20.3. The quantitative estimate of drug-likeness (QED) is 0.762. The first kappa shape index (κ1) is 18.3. The van der Waals surface area contributed by atoms with Gasteiger partial charge in [-0.1, -0.05) is 41.9 Å². The van der Waals surface area contributed by atoms with Crippen molar-refractivity contribution in [3.8, 4) is 0 Å². The third-order valence-corrected chi connectivity index (χ3v) is 6.62. The smallest absolute Gasteiger partial charge is 0.250 e. The van der Waals surface area contributed by atoms with Gasteiger partial charge in [0.1, 0.15) is 5.54 Å². The number of carbonyl (C=O) groups is 3. The van der Waals surface area contributed by atoms with Gasteiger partial charge in [-0.05, 0) is 37.1 Å². The van der Waals surface area contributed by atoms with Gasteiger partial charge in [0.15, 0.2) is 0 Å². The van der Waals surface area contributed by atoms with Crippen molar-refractivity contribution in [3.05, 3.63) is 64.7 Å². The van der Waals surface area contributed by atoms with Crippen LogP contribution in [0, 0.1) is 11.8 Å². The highest BCUT2D eigenvalue weighted by molar-refractivity contribution is 6.31. The second-order valence-corrected chi connectivity index (χ2v) is 8.39. The average molecular weight is 410 g/mol. The predicted octanol–water partition coefficient (Wildman–Crippen LogP) is 2.32. The lowest BCUT2D eigenvalue weighted by atomic mass is 9.76. The molecule has 2 N–H and O–H groups in total. The number of amides is 3. The van der Waals surface area contributed by atoms with Crippen molar-refractivity contribution in [3.63, 3.8) is 0 Å². The monoisotopic (exact) mass is 409 g/mol. The number of halogens is 1. The normalized spacial score (nSPS) is 30.1. The number of rotatable bonds is 3. The minimum Gasteiger partial charge on any atom is -0.324 e. The van der Waals surface area contributed by atoms with E-state index in [1.165, 1.54) is 4.90 Å². The van der Waals surface area contributed by atoms with Crippen LogP contribution in [0.5, 0.6) is 0 Å². The predicted molar refractivity (Wildman–Crippen MR) is 108 cm³/mol. The molecule has 0 radical (unpaired) electrons. The van der Waals surface area contributed by atoms with Crippen molar-refractivity contribution in [2.24, 2.45) is 11.8 Å². The van der Waals surface area contributed by atoms with E-state index in [2.05, 4.69) is 10.6 Å². The maximum Gasteiger partial charge on any atom is 0.250 e. The molecule has 7 heteroatoms. The number of likely N-dealkylation sites (tertiary alicyclic amines) is 1. The van der Waals surface area contributed by atoms with Crippen LogP contribution in [0.1, 0.15) is 18.1 Å². The van der Waals surface area contributed by atoms with Crippen LogP contribution in [-0.2, 0) is 26.3 Å². The van der Waals surface area contributed by atoms with Crippen LogP contribution in [0.25, 0.3) is 0 Å². The van der Waals surface area contributed by atoms with E-state index in [4.69, 9.17) is 11.6 Å². The molecule has 3 amide bonds. The molecule has 148 valence electrons. The second kappa shape index (κ2) is 6.40. The summed E-state index contributed by atoms with van der Waals surface area (Å²) in [6.07, 6.45) is 0.585. The standard InChI is InChI=1S/C22H20ClN3O3/c1-12-17-18(20(28)26(19(17)27)10-9-13-5-3-2-4-6-13)22(25-12)15-11-14(23)7-8-16(15)24-21(22)29/h2-8,11-12,17-18,25H,9-10H2,1H3,(H,24,29)/t12-,17+,18-,22-/m0/s1. The summed E-state index contributed by atoms with van der Waals surface area (Å²) in [6.45, 7) is 2.16. The lowest BCUT2D eigenvalue weighted by molar-refractivity contribution is -0.142. The van der Waals surface area contributed by atoms with Crippen molar-refractivity contribution >= 4 is 35.0 Å². The van der Waals surface area contributed by atoms with Crippen LogP contribution in [0.3, 0.4) is 0 Å². The summed E-state index contributed by atoms with van der Waals surface area (Å²) in [5.41, 5.74) is 1.06. The van der Waals surface area contributed by atoms with Crippen molar-refractivity contribution in [2.45, 2.75) is 24.9 Å². The van der Waals surface area contributed by atoms with Crippen molar-refractivity contribution in [1.29, 1.82) is 0 Å². The lowest BCUT2D eigenvalue weighted by Gasteiger charge is -2.29. The maximum absolute atomic E-state index is 13.4. The highest BCUT2D eigenvalue weighted by atomic mass is 35.5. The summed E-state index contributed by atoms with van der Waals surface area (Å²) in [6, 6.07) is 14.6. The third-order valence-electron chi connectivity index (χ3n) is 6.38. The third kappa shape index (κ3) is 2.49. The number of nitrogens with one attached hydrogen (secondary N) is 2. The summed E-state index contributed by atoms with van der Waals surface area (Å²) in [4.78, 5) is 41.0. The fraction of sp³-hybridized carbons (Fsp3) is 0.318. The molecule has 29 heavy (non-hydrogen) atoms. The van der Waals surface area contributed by atoms with Crippen LogP contribution in [0.15, 0.2) is 48.5 Å². The summed E-state index contributed by atoms with van der Waals surface area (Å²) in [5.74, 6) is -2.17. The Morgan fingerprint density at radius 2 is 1.83 bits per heavy atom. The van der Waals surface area contributed by atoms with E-state index < -0.39 is 17.4 Å². The average Bonchev–Trinajstić information content (AvgIpc) is 3.26. The summed E-state index contributed by atoms with van der Waals surface area (Å²) in [5, 5.41) is 6.62. The van der Waals surface area contributed by atoms with Crippen LogP contribution in [0.2, 0.25) is 5.02 Å². The molecule has 2 aromatic carbocycles. The first-order valence-electron chi connectivity index (χ1n) is 9.72. The molecular formula is C22H20ClN3O3. The van der Waals surface area contributed by atoms with Crippen molar-refractivity contribution in [2.75, 3.05) is 11.9 Å². The van der Waals surface area contributed by atoms with Crippen molar-refractivity contribution in [1.82, 2.24) is 10.2 Å². The van der Waals surface area contributed by atoms with E-state index in [1.807, 2.05) is 37.3 Å². The van der Waals surface area contributed by atoms with Gasteiger partial charge in [0.05, 0.1) is 11.8 Å². The Morgan fingerprint density at radius 3 is 2.59 bits per heavy atom. The highest BCUT2D eigenvalue weighted by Gasteiger charge is 2.69. The van der Waals surface area contributed by atoms with Gasteiger partial charge in [0.25, 0.3) is 0 Å². The molecule has 0 aliphatic carbocycles. The first-order chi connectivity index (χ1) is 13.9. The minimum atomic E-state index is -1.27. The summed E-state index contributed by atoms with van der Waals surface area (Å²) >= 11 is 6.19. The first-order valence-corrected chi connectivity index (χ1v) is 10.1. The Labute approximate surface area is 173 Å². The fourth-order valence-electron chi connectivity index (χ4n) is 5.10. The number of anilines is 1. The van der Waals surface area contributed by atoms with Gasteiger partial charge in [-0.25, -0.2) is 0 Å². The van der Waals surface area contributed by atoms with Gasteiger partial charge < -0.3 is 5.32 Å². The number of hydrogen-bond acceptors (Lipinski definition) is 4. The Morgan fingerprint density at radius 1 is 1.07 bits per heavy atom. The lowest BCUT2D eigenvalue weighted by Crippen LogP contribution is -2.53. The molecule has 0 aromatic heterocycles. The molecule has 2 aromatic rings. The van der Waals surface area contributed by atoms with E-state index in [-0.39, 0.29) is 23.8 Å². The molecule has 1 spiro atoms. The number of hydrogen-bond donors (Lipinski definition) is 2. The maximum atomic E-state index is 13.4. The minimum absolute atomic E-state index is 0.212. The van der Waals surface area contributed by atoms with Crippen molar-refractivity contribution < 1.29 is 14.4 Å². The summed E-state index contributed by atoms with van der Waals surface area (Å²) < 4.78 is 0. The van der Waals surface area contributed by atoms with Crippen LogP contribution >= 0.6 is 11.6 Å². The Hall–Kier alpha value is -2.70. The van der Waals surface area contributed by atoms with Gasteiger partial charge in [0, 0.05) is 28.9 Å². The molecule has 0 bridgehead atoms. The molecule has 4 atom stereocenters. The number of nitrogens with zero attached hydrogens (tertiary/aromatic N) is 1. The fourth-order valence-corrected chi connectivity index (χ4v) is 5.27. The van der Waals surface area contributed by atoms with Gasteiger partial charge in [0.2, 0.25) is 17.7 Å². The molecule has 3 aliphatic rings. The Bertz CT molecular complexity index is 1040. The van der Waals surface area contributed by atoms with Crippen LogP contribution < -0.4 is 10.6 Å². The summed E-state index contributed by atoms with van der Waals surface area (Å²) in [7, 11) is 0. The van der Waals surface area contributed by atoms with Gasteiger partial charge in [-0.3, -0.25) is 24.6 Å². The number of carbonyl (C=O) groups excluding carboxylic acids is 3. The number of benzene rings is 2. The Balaban J connectivity index is 1.52. The van der Waals surface area contributed by atoms with Crippen LogP contribution in [-0.4, -0.2) is 35.2 Å². The van der Waals surface area contributed by atoms with Gasteiger partial charge in [-0.2, -0.15) is 0 Å². The van der Waals surface area contributed by atoms with E-state index in [0.29, 0.717) is 29.2 Å². The molecule has 0 saturated carbocycles. The molecule has 6 nitrogen and oxygen atoms in total. The van der Waals surface area contributed by atoms with E-state index >= 15 is 0 Å². The molecule has 2 saturated heterocycles. The number of imide groups is 1. The Kier molecular flexibility index (Phi) is 4.05. The topological polar surface area (TPSA) is 78.5 Å². The zero-order valence-corrected chi connectivity index (χ0v) is 16.6. The van der Waals surface area contributed by atoms with Crippen LogP contribution in [0.4, 0.5) is 5.69 Å². The van der Waals surface area contributed by atoms with E-state index in [1.54, 1.807) is 18.2 Å². The molecule has 0 unspecified atom stereocenters. The van der Waals surface area contributed by atoms with E-state index in [0.717, 1.165) is 5.56 Å². The highest BCUT2D eigenvalue weighted by Crippen LogP contribution is 2.53. The molecular weight excluding hydrogens is 390 g/mol. The molecule has 3 aliphatic heterocycles. The van der Waals surface area contributed by atoms with Gasteiger partial charge in [-0.15, -0.1) is 0 Å².